The Morgan fingerprint density at radius 1 is 0.821 bits per heavy atom. The zero-order chi connectivity index (χ0) is 27.5. The van der Waals surface area contributed by atoms with Crippen molar-refractivity contribution >= 4 is 21.9 Å². The molecular formula is C32H34BrNO5. The molecule has 39 heavy (non-hydrogen) atoms. The van der Waals surface area contributed by atoms with Crippen LogP contribution >= 0.6 is 15.9 Å². The van der Waals surface area contributed by atoms with Gasteiger partial charge < -0.3 is 23.5 Å². The maximum Gasteiger partial charge on any atom is 0.341 e. The maximum atomic E-state index is 12.8. The molecule has 0 atom stereocenters. The second kappa shape index (κ2) is 14.8. The Kier molecular flexibility index (Phi) is 10.9. The minimum atomic E-state index is -0.369. The standard InChI is InChI=1S/C32H34BrNO5/c1-3-38-32(35)29-24(2)34(31(30(29)33)27-17-11-6-12-18-27)23-39-28(21-36-19-25-13-7-4-8-14-25)22-37-20-26-15-9-5-10-16-26/h4-18,28H,3,19-23H2,1-2H3. The number of hydrogen-bond acceptors (Lipinski definition) is 5. The first-order valence-corrected chi connectivity index (χ1v) is 13.8. The number of aromatic nitrogens is 1. The first kappa shape index (κ1) is 28.8. The zero-order valence-corrected chi connectivity index (χ0v) is 23.9. The van der Waals surface area contributed by atoms with E-state index in [4.69, 9.17) is 18.9 Å². The van der Waals surface area contributed by atoms with Gasteiger partial charge in [-0.3, -0.25) is 0 Å². The van der Waals surface area contributed by atoms with E-state index >= 15 is 0 Å². The molecule has 0 fully saturated rings. The fourth-order valence-electron chi connectivity index (χ4n) is 4.27. The molecule has 0 saturated heterocycles. The summed E-state index contributed by atoms with van der Waals surface area (Å²) in [6, 6.07) is 30.0. The molecule has 0 N–H and O–H groups in total. The molecule has 3 aromatic carbocycles. The Hall–Kier alpha value is -3.23. The Bertz CT molecular complexity index is 1260. The fraction of sp³-hybridized carbons (Fsp3) is 0.281. The van der Waals surface area contributed by atoms with Crippen LogP contribution in [0.1, 0.15) is 34.1 Å². The molecule has 204 valence electrons. The fourth-order valence-corrected chi connectivity index (χ4v) is 5.16. The summed E-state index contributed by atoms with van der Waals surface area (Å²) in [5.41, 5.74) is 5.26. The Balaban J connectivity index is 1.52. The van der Waals surface area contributed by atoms with Crippen LogP contribution in [-0.4, -0.2) is 36.5 Å². The minimum absolute atomic E-state index is 0.210. The van der Waals surface area contributed by atoms with E-state index in [1.54, 1.807) is 6.92 Å². The van der Waals surface area contributed by atoms with Crippen LogP contribution in [0.15, 0.2) is 95.5 Å². The summed E-state index contributed by atoms with van der Waals surface area (Å²) in [6.07, 6.45) is -0.326. The average Bonchev–Trinajstić information content (AvgIpc) is 3.22. The zero-order valence-electron chi connectivity index (χ0n) is 22.3. The highest BCUT2D eigenvalue weighted by molar-refractivity contribution is 9.10. The van der Waals surface area contributed by atoms with Crippen LogP contribution < -0.4 is 0 Å². The number of nitrogens with zero attached hydrogens (tertiary/aromatic N) is 1. The van der Waals surface area contributed by atoms with Crippen molar-refractivity contribution in [1.29, 1.82) is 0 Å². The van der Waals surface area contributed by atoms with E-state index in [9.17, 15) is 4.79 Å². The van der Waals surface area contributed by atoms with Crippen molar-refractivity contribution in [2.24, 2.45) is 0 Å². The number of benzene rings is 3. The summed E-state index contributed by atoms with van der Waals surface area (Å²) in [7, 11) is 0. The van der Waals surface area contributed by atoms with Crippen molar-refractivity contribution in [2.45, 2.75) is 39.9 Å². The third-order valence-corrected chi connectivity index (χ3v) is 7.03. The SMILES string of the molecule is CCOC(=O)c1c(Br)c(-c2ccccc2)n(COC(COCc2ccccc2)COCc2ccccc2)c1C. The molecule has 0 aliphatic heterocycles. The Morgan fingerprint density at radius 3 is 1.85 bits per heavy atom. The highest BCUT2D eigenvalue weighted by atomic mass is 79.9. The predicted octanol–water partition coefficient (Wildman–Crippen LogP) is 7.18. The average molecular weight is 593 g/mol. The second-order valence-electron chi connectivity index (χ2n) is 9.06. The molecule has 0 bridgehead atoms. The lowest BCUT2D eigenvalue weighted by molar-refractivity contribution is -0.0873. The third-order valence-electron chi connectivity index (χ3n) is 6.26. The van der Waals surface area contributed by atoms with Crippen LogP contribution in [0.4, 0.5) is 0 Å². The van der Waals surface area contributed by atoms with Gasteiger partial charge in [-0.05, 0) is 46.5 Å². The van der Waals surface area contributed by atoms with Crippen LogP contribution in [0, 0.1) is 6.92 Å². The van der Waals surface area contributed by atoms with Crippen LogP contribution in [0.3, 0.4) is 0 Å². The number of hydrogen-bond donors (Lipinski definition) is 0. The van der Waals surface area contributed by atoms with Crippen molar-refractivity contribution < 1.29 is 23.7 Å². The van der Waals surface area contributed by atoms with Crippen molar-refractivity contribution in [3.8, 4) is 11.3 Å². The first-order valence-electron chi connectivity index (χ1n) is 13.0. The first-order chi connectivity index (χ1) is 19.1. The molecule has 4 aromatic rings. The van der Waals surface area contributed by atoms with E-state index < -0.39 is 0 Å². The van der Waals surface area contributed by atoms with Gasteiger partial charge in [0.15, 0.2) is 0 Å². The van der Waals surface area contributed by atoms with Gasteiger partial charge in [-0.15, -0.1) is 0 Å². The number of ether oxygens (including phenoxy) is 4. The molecule has 0 radical (unpaired) electrons. The van der Waals surface area contributed by atoms with Crippen LogP contribution in [0.2, 0.25) is 0 Å². The highest BCUT2D eigenvalue weighted by Gasteiger charge is 2.26. The molecule has 7 heteroatoms. The molecule has 0 saturated carbocycles. The van der Waals surface area contributed by atoms with Gasteiger partial charge in [-0.2, -0.15) is 0 Å². The quantitative estimate of drug-likeness (QED) is 0.145. The predicted molar refractivity (Wildman–Crippen MR) is 155 cm³/mol. The van der Waals surface area contributed by atoms with Crippen molar-refractivity contribution in [1.82, 2.24) is 4.57 Å². The summed E-state index contributed by atoms with van der Waals surface area (Å²) < 4.78 is 26.5. The number of carbonyl (C=O) groups is 1. The molecule has 0 spiro atoms. The number of halogens is 1. The normalized spacial score (nSPS) is 11.2. The van der Waals surface area contributed by atoms with Crippen LogP contribution in [0.25, 0.3) is 11.3 Å². The molecule has 0 amide bonds. The summed E-state index contributed by atoms with van der Waals surface area (Å²) in [4.78, 5) is 12.8. The number of carbonyl (C=O) groups excluding carboxylic acids is 1. The van der Waals surface area contributed by atoms with E-state index in [0.717, 1.165) is 28.1 Å². The van der Waals surface area contributed by atoms with E-state index in [1.165, 1.54) is 0 Å². The molecule has 1 aromatic heterocycles. The lowest BCUT2D eigenvalue weighted by atomic mass is 10.1. The number of rotatable bonds is 14. The number of esters is 1. The molecule has 4 rings (SSSR count). The molecule has 1 heterocycles. The summed E-state index contributed by atoms with van der Waals surface area (Å²) >= 11 is 3.68. The monoisotopic (exact) mass is 591 g/mol. The van der Waals surface area contributed by atoms with Crippen LogP contribution in [-0.2, 0) is 38.9 Å². The highest BCUT2D eigenvalue weighted by Crippen LogP contribution is 2.36. The van der Waals surface area contributed by atoms with Crippen molar-refractivity contribution in [3.05, 3.63) is 118 Å². The molecule has 0 unspecified atom stereocenters. The van der Waals surface area contributed by atoms with Gasteiger partial charge in [0.05, 0.1) is 48.8 Å². The van der Waals surface area contributed by atoms with Gasteiger partial charge in [-0.1, -0.05) is 91.0 Å². The summed E-state index contributed by atoms with van der Waals surface area (Å²) in [5, 5.41) is 0. The lowest BCUT2D eigenvalue weighted by Crippen LogP contribution is -2.27. The van der Waals surface area contributed by atoms with Gasteiger partial charge in [-0.25, -0.2) is 4.79 Å². The minimum Gasteiger partial charge on any atom is -0.462 e. The van der Waals surface area contributed by atoms with Gasteiger partial charge in [0, 0.05) is 5.69 Å². The van der Waals surface area contributed by atoms with Gasteiger partial charge in [0.2, 0.25) is 0 Å². The van der Waals surface area contributed by atoms with Gasteiger partial charge in [0.25, 0.3) is 0 Å². The van der Waals surface area contributed by atoms with E-state index in [-0.39, 0.29) is 18.8 Å². The summed E-state index contributed by atoms with van der Waals surface area (Å²) in [6.45, 7) is 5.89. The second-order valence-corrected chi connectivity index (χ2v) is 9.85. The smallest absolute Gasteiger partial charge is 0.341 e. The Labute approximate surface area is 238 Å². The van der Waals surface area contributed by atoms with Gasteiger partial charge >= 0.3 is 5.97 Å². The topological polar surface area (TPSA) is 58.9 Å². The molecule has 6 nitrogen and oxygen atoms in total. The van der Waals surface area contributed by atoms with Crippen LogP contribution in [0.5, 0.6) is 0 Å². The molecular weight excluding hydrogens is 558 g/mol. The van der Waals surface area contributed by atoms with Gasteiger partial charge in [0.1, 0.15) is 12.8 Å². The maximum absolute atomic E-state index is 12.8. The molecule has 0 aliphatic carbocycles. The van der Waals surface area contributed by atoms with Crippen molar-refractivity contribution in [2.75, 3.05) is 19.8 Å². The summed E-state index contributed by atoms with van der Waals surface area (Å²) in [5.74, 6) is -0.369. The van der Waals surface area contributed by atoms with E-state index in [2.05, 4.69) is 15.9 Å². The Morgan fingerprint density at radius 2 is 1.33 bits per heavy atom. The lowest BCUT2D eigenvalue weighted by Gasteiger charge is -2.21. The molecule has 0 aliphatic rings. The van der Waals surface area contributed by atoms with E-state index in [0.29, 0.717) is 43.1 Å². The third kappa shape index (κ3) is 7.90. The van der Waals surface area contributed by atoms with Crippen molar-refractivity contribution in [3.63, 3.8) is 0 Å². The largest absolute Gasteiger partial charge is 0.462 e. The van der Waals surface area contributed by atoms with E-state index in [1.807, 2.05) is 102 Å².